The van der Waals surface area contributed by atoms with Gasteiger partial charge < -0.3 is 25.2 Å². The van der Waals surface area contributed by atoms with Gasteiger partial charge in [-0.15, -0.1) is 11.6 Å². The number of aliphatic imine (C=N–C) groups is 1. The van der Waals surface area contributed by atoms with Gasteiger partial charge in [0.05, 0.1) is 30.0 Å². The lowest BCUT2D eigenvalue weighted by atomic mass is 9.92. The number of benzene rings is 1. The van der Waals surface area contributed by atoms with Crippen molar-refractivity contribution in [1.82, 2.24) is 10.2 Å². The Morgan fingerprint density at radius 3 is 2.63 bits per heavy atom. The van der Waals surface area contributed by atoms with Gasteiger partial charge in [0.2, 0.25) is 0 Å². The minimum absolute atomic E-state index is 0.0353. The maximum absolute atomic E-state index is 11.7. The molecule has 1 fully saturated rings. The van der Waals surface area contributed by atoms with E-state index in [9.17, 15) is 15.0 Å². The molecule has 0 bridgehead atoms. The molecule has 1 aromatic carbocycles. The van der Waals surface area contributed by atoms with Crippen LogP contribution in [0.2, 0.25) is 0 Å². The molecule has 0 amide bonds. The summed E-state index contributed by atoms with van der Waals surface area (Å²) in [5, 5.41) is 21.6. The van der Waals surface area contributed by atoms with Crippen LogP contribution < -0.4 is 5.32 Å². The molecule has 1 saturated heterocycles. The van der Waals surface area contributed by atoms with Crippen LogP contribution in [0.5, 0.6) is 5.75 Å². The van der Waals surface area contributed by atoms with Gasteiger partial charge in [-0.3, -0.25) is 0 Å². The van der Waals surface area contributed by atoms with E-state index in [2.05, 4.69) is 17.1 Å². The van der Waals surface area contributed by atoms with Gasteiger partial charge in [-0.25, -0.2) is 9.79 Å². The van der Waals surface area contributed by atoms with E-state index in [1.807, 2.05) is 12.1 Å². The molecule has 1 unspecified atom stereocenters. The summed E-state index contributed by atoms with van der Waals surface area (Å²) in [5.41, 5.74) is 4.20. The number of nitrogens with zero attached hydrogens (tertiary/aromatic N) is 2. The molecule has 0 radical (unpaired) electrons. The van der Waals surface area contributed by atoms with Crippen molar-refractivity contribution in [1.29, 1.82) is 0 Å². The summed E-state index contributed by atoms with van der Waals surface area (Å²) in [5.74, 6) is -0.00893. The Morgan fingerprint density at radius 1 is 1.30 bits per heavy atom. The first kappa shape index (κ1) is 20.5. The smallest absolute Gasteiger partial charge is 0.352 e. The van der Waals surface area contributed by atoms with Crippen LogP contribution in [0.3, 0.4) is 0 Å². The van der Waals surface area contributed by atoms with Crippen LogP contribution in [0, 0.1) is 0 Å². The first-order valence-electron chi connectivity index (χ1n) is 10.00. The zero-order chi connectivity index (χ0) is 21.3. The molecule has 0 saturated carbocycles. The normalized spacial score (nSPS) is 22.1. The molecule has 30 heavy (non-hydrogen) atoms. The highest BCUT2D eigenvalue weighted by atomic mass is 35.5. The molecule has 3 aliphatic heterocycles. The number of carbonyl (C=O) groups is 1. The molecule has 3 N–H and O–H groups in total. The summed E-state index contributed by atoms with van der Waals surface area (Å²) in [6, 6.07) is 6.90. The van der Waals surface area contributed by atoms with E-state index in [1.165, 1.54) is 6.08 Å². The number of nitrogens with one attached hydrogen (secondary N) is 1. The van der Waals surface area contributed by atoms with Crippen LogP contribution in [0.15, 0.2) is 58.1 Å². The fraction of sp³-hybridized carbons (Fsp3) is 0.364. The Balaban J connectivity index is 1.89. The topological polar surface area (TPSA) is 94.4 Å². The quantitative estimate of drug-likeness (QED) is 0.637. The fourth-order valence-corrected chi connectivity index (χ4v) is 4.20. The molecule has 7 nitrogen and oxygen atoms in total. The minimum Gasteiger partial charge on any atom is -0.508 e. The highest BCUT2D eigenvalue weighted by Crippen LogP contribution is 2.36. The maximum atomic E-state index is 11.7. The Kier molecular flexibility index (Phi) is 5.83. The van der Waals surface area contributed by atoms with E-state index in [1.54, 1.807) is 12.1 Å². The lowest BCUT2D eigenvalue weighted by molar-refractivity contribution is -0.133. The van der Waals surface area contributed by atoms with Crippen LogP contribution in [-0.2, 0) is 9.53 Å². The second-order valence-corrected chi connectivity index (χ2v) is 7.84. The third kappa shape index (κ3) is 3.95. The number of halogens is 1. The number of carboxylic acids is 1. The van der Waals surface area contributed by atoms with Crippen molar-refractivity contribution in [3.63, 3.8) is 0 Å². The fourth-order valence-electron chi connectivity index (χ4n) is 3.91. The van der Waals surface area contributed by atoms with Gasteiger partial charge in [0.15, 0.2) is 0 Å². The average molecular weight is 430 g/mol. The Bertz CT molecular complexity index is 973. The maximum Gasteiger partial charge on any atom is 0.352 e. The number of aliphatic carboxylic acids is 1. The van der Waals surface area contributed by atoms with E-state index in [4.69, 9.17) is 21.3 Å². The van der Waals surface area contributed by atoms with Gasteiger partial charge in [-0.2, -0.15) is 0 Å². The highest BCUT2D eigenvalue weighted by Gasteiger charge is 2.32. The van der Waals surface area contributed by atoms with Crippen molar-refractivity contribution in [2.45, 2.75) is 25.1 Å². The van der Waals surface area contributed by atoms with Gasteiger partial charge in [-0.05, 0) is 47.8 Å². The van der Waals surface area contributed by atoms with Crippen molar-refractivity contribution in [2.75, 3.05) is 26.3 Å². The first-order chi connectivity index (χ1) is 14.5. The van der Waals surface area contributed by atoms with Gasteiger partial charge in [0.1, 0.15) is 17.3 Å². The molecule has 0 spiro atoms. The third-order valence-corrected chi connectivity index (χ3v) is 5.84. The monoisotopic (exact) mass is 429 g/mol. The number of allylic oxidation sites excluding steroid dienone is 4. The molecule has 8 heteroatoms. The van der Waals surface area contributed by atoms with Crippen molar-refractivity contribution in [3.8, 4) is 5.75 Å². The zero-order valence-corrected chi connectivity index (χ0v) is 17.4. The third-order valence-electron chi connectivity index (χ3n) is 5.51. The zero-order valence-electron chi connectivity index (χ0n) is 16.7. The summed E-state index contributed by atoms with van der Waals surface area (Å²) >= 11 is 6.62. The average Bonchev–Trinajstić information content (AvgIpc) is 2.92. The SMILES string of the molecule is CCC1=C(N2CCOCC2)N=C2C(=C(c3ccc(O)cc3)C1)NC(C(=O)O)=CC2Cl. The van der Waals surface area contributed by atoms with Gasteiger partial charge >= 0.3 is 5.97 Å². The van der Waals surface area contributed by atoms with E-state index in [0.29, 0.717) is 31.0 Å². The predicted molar refractivity (Wildman–Crippen MR) is 115 cm³/mol. The lowest BCUT2D eigenvalue weighted by Crippen LogP contribution is -2.38. The predicted octanol–water partition coefficient (Wildman–Crippen LogP) is 3.08. The van der Waals surface area contributed by atoms with E-state index < -0.39 is 11.3 Å². The van der Waals surface area contributed by atoms with Crippen molar-refractivity contribution in [2.24, 2.45) is 4.99 Å². The van der Waals surface area contributed by atoms with Crippen LogP contribution in [0.25, 0.3) is 5.57 Å². The number of hydrogen-bond donors (Lipinski definition) is 3. The Morgan fingerprint density at radius 2 is 2.00 bits per heavy atom. The summed E-state index contributed by atoms with van der Waals surface area (Å²) in [4.78, 5) is 18.8. The van der Waals surface area contributed by atoms with E-state index in [0.717, 1.165) is 42.0 Å². The van der Waals surface area contributed by atoms with Gasteiger partial charge in [0.25, 0.3) is 0 Å². The van der Waals surface area contributed by atoms with E-state index >= 15 is 0 Å². The number of phenols is 1. The summed E-state index contributed by atoms with van der Waals surface area (Å²) in [7, 11) is 0. The molecule has 0 aromatic heterocycles. The highest BCUT2D eigenvalue weighted by molar-refractivity contribution is 6.38. The summed E-state index contributed by atoms with van der Waals surface area (Å²) in [6.45, 7) is 4.87. The number of ether oxygens (including phenoxy) is 1. The molecule has 4 rings (SSSR count). The van der Waals surface area contributed by atoms with E-state index in [-0.39, 0.29) is 11.4 Å². The van der Waals surface area contributed by atoms with Crippen molar-refractivity contribution < 1.29 is 19.7 Å². The second-order valence-electron chi connectivity index (χ2n) is 7.37. The summed E-state index contributed by atoms with van der Waals surface area (Å²) < 4.78 is 5.50. The second kappa shape index (κ2) is 8.53. The first-order valence-corrected chi connectivity index (χ1v) is 10.4. The van der Waals surface area contributed by atoms with Crippen LogP contribution >= 0.6 is 11.6 Å². The summed E-state index contributed by atoms with van der Waals surface area (Å²) in [6.07, 6.45) is 2.87. The number of hydrogen-bond acceptors (Lipinski definition) is 6. The molecule has 158 valence electrons. The number of carboxylic acid groups (broad SMARTS) is 1. The number of rotatable bonds is 4. The molecule has 0 aliphatic carbocycles. The van der Waals surface area contributed by atoms with Crippen molar-refractivity contribution >= 4 is 28.9 Å². The standard InChI is InChI=1S/C22H24ClN3O4/c1-2-13-11-16(14-3-5-15(27)6-4-14)19-20(17(23)12-18(24-19)22(28)29)25-21(13)26-7-9-30-10-8-26/h3-6,12,17,24,27H,2,7-11H2,1H3,(H,28,29). The van der Waals surface area contributed by atoms with Crippen molar-refractivity contribution in [3.05, 3.63) is 58.7 Å². The molecule has 3 aliphatic rings. The molecule has 1 atom stereocenters. The van der Waals surface area contributed by atoms with Crippen LogP contribution in [-0.4, -0.2) is 58.5 Å². The molecule has 3 heterocycles. The number of phenolic OH excluding ortho intramolecular Hbond substituents is 1. The van der Waals surface area contributed by atoms with Crippen LogP contribution in [0.4, 0.5) is 0 Å². The van der Waals surface area contributed by atoms with Gasteiger partial charge in [0, 0.05) is 13.1 Å². The molecule has 1 aromatic rings. The minimum atomic E-state index is -1.07. The number of aromatic hydroxyl groups is 1. The van der Waals surface area contributed by atoms with Gasteiger partial charge in [-0.1, -0.05) is 19.1 Å². The molecular weight excluding hydrogens is 406 g/mol. The Hall–Kier alpha value is -2.77. The van der Waals surface area contributed by atoms with Crippen LogP contribution in [0.1, 0.15) is 25.3 Å². The number of alkyl halides is 1. The number of fused-ring (bicyclic) bond motifs is 1. The molecular formula is C22H24ClN3O4. The number of morpholine rings is 1. The lowest BCUT2D eigenvalue weighted by Gasteiger charge is -2.31. The largest absolute Gasteiger partial charge is 0.508 e. The Labute approximate surface area is 180 Å².